The van der Waals surface area contributed by atoms with Crippen LogP contribution in [0.3, 0.4) is 0 Å². The summed E-state index contributed by atoms with van der Waals surface area (Å²) in [6, 6.07) is 17.9. The number of aliphatic carboxylic acids is 1. The molecular weight excluding hydrogens is 478 g/mol. The van der Waals surface area contributed by atoms with Crippen LogP contribution in [0.25, 0.3) is 0 Å². The van der Waals surface area contributed by atoms with Gasteiger partial charge in [-0.2, -0.15) is 0 Å². The molecule has 3 aromatic rings. The molecule has 0 aliphatic rings. The fourth-order valence-corrected chi connectivity index (χ4v) is 5.20. The quantitative estimate of drug-likeness (QED) is 0.285. The van der Waals surface area contributed by atoms with Crippen LogP contribution in [-0.4, -0.2) is 38.5 Å². The number of nitrogens with zero attached hydrogens (tertiary/aromatic N) is 1. The number of sulfonamides is 1. The zero-order chi connectivity index (χ0) is 24.9. The Labute approximate surface area is 203 Å². The normalized spacial score (nSPS) is 11.1. The number of amidine groups is 1. The van der Waals surface area contributed by atoms with Crippen LogP contribution in [0.15, 0.2) is 71.6 Å². The van der Waals surface area contributed by atoms with E-state index in [4.69, 9.17) is 27.5 Å². The van der Waals surface area contributed by atoms with Crippen LogP contribution < -0.4 is 14.8 Å². The number of anilines is 1. The van der Waals surface area contributed by atoms with Crippen LogP contribution >= 0.6 is 11.6 Å². The molecule has 0 saturated heterocycles. The van der Waals surface area contributed by atoms with Gasteiger partial charge in [-0.25, -0.2) is 8.42 Å². The lowest BCUT2D eigenvalue weighted by atomic mass is 10.1. The third kappa shape index (κ3) is 6.06. The highest BCUT2D eigenvalue weighted by Crippen LogP contribution is 2.31. The molecule has 0 spiro atoms. The number of rotatable bonds is 10. The van der Waals surface area contributed by atoms with Crippen molar-refractivity contribution in [3.05, 3.63) is 88.4 Å². The number of nitrogens with two attached hydrogens (primary N) is 1. The van der Waals surface area contributed by atoms with Gasteiger partial charge in [0.05, 0.1) is 17.3 Å². The number of nitrogens with one attached hydrogen (secondary N) is 1. The molecule has 0 radical (unpaired) electrons. The van der Waals surface area contributed by atoms with Gasteiger partial charge in [0, 0.05) is 18.1 Å². The molecule has 0 atom stereocenters. The lowest BCUT2D eigenvalue weighted by Gasteiger charge is -2.24. The second-order valence-corrected chi connectivity index (χ2v) is 9.79. The van der Waals surface area contributed by atoms with E-state index >= 15 is 0 Å². The van der Waals surface area contributed by atoms with Gasteiger partial charge < -0.3 is 15.6 Å². The molecule has 3 rings (SSSR count). The van der Waals surface area contributed by atoms with E-state index < -0.39 is 22.5 Å². The Balaban J connectivity index is 1.84. The van der Waals surface area contributed by atoms with Gasteiger partial charge in [-0.15, -0.1) is 0 Å². The van der Waals surface area contributed by atoms with E-state index in [0.29, 0.717) is 29.9 Å². The second-order valence-electron chi connectivity index (χ2n) is 7.55. The number of carboxylic acid groups (broad SMARTS) is 1. The van der Waals surface area contributed by atoms with E-state index in [9.17, 15) is 18.3 Å². The lowest BCUT2D eigenvalue weighted by Crippen LogP contribution is -2.36. The summed E-state index contributed by atoms with van der Waals surface area (Å²) in [7, 11) is -4.25. The fourth-order valence-electron chi connectivity index (χ4n) is 3.30. The molecule has 0 fully saturated rings. The maximum Gasteiger partial charge on any atom is 0.324 e. The summed E-state index contributed by atoms with van der Waals surface area (Å²) < 4.78 is 33.2. The van der Waals surface area contributed by atoms with E-state index in [1.54, 1.807) is 37.3 Å². The number of nitrogen functional groups attached to an aromatic ring is 1. The van der Waals surface area contributed by atoms with Crippen LogP contribution in [0.5, 0.6) is 5.75 Å². The maximum absolute atomic E-state index is 13.3. The first-order chi connectivity index (χ1) is 16.1. The predicted molar refractivity (Wildman–Crippen MR) is 131 cm³/mol. The molecule has 0 saturated carbocycles. The van der Waals surface area contributed by atoms with Gasteiger partial charge in [-0.3, -0.25) is 14.5 Å². The van der Waals surface area contributed by atoms with Crippen molar-refractivity contribution in [1.29, 1.82) is 5.41 Å². The molecule has 0 aliphatic carbocycles. The molecule has 0 heterocycles. The van der Waals surface area contributed by atoms with E-state index in [-0.39, 0.29) is 21.4 Å². The van der Waals surface area contributed by atoms with Crippen molar-refractivity contribution in [3.8, 4) is 5.75 Å². The third-order valence-corrected chi connectivity index (χ3v) is 7.21. The molecule has 8 nitrogen and oxygen atoms in total. The van der Waals surface area contributed by atoms with Crippen molar-refractivity contribution in [2.75, 3.05) is 17.5 Å². The van der Waals surface area contributed by atoms with Gasteiger partial charge in [-0.1, -0.05) is 48.0 Å². The smallest absolute Gasteiger partial charge is 0.324 e. The Bertz CT molecular complexity index is 1310. The highest BCUT2D eigenvalue weighted by Gasteiger charge is 2.29. The highest BCUT2D eigenvalue weighted by atomic mass is 35.5. The van der Waals surface area contributed by atoms with Crippen molar-refractivity contribution in [2.45, 2.75) is 18.2 Å². The molecule has 3 aromatic carbocycles. The summed E-state index contributed by atoms with van der Waals surface area (Å²) in [5.41, 5.74) is 7.93. The van der Waals surface area contributed by atoms with E-state index in [0.717, 1.165) is 9.87 Å². The van der Waals surface area contributed by atoms with E-state index in [1.165, 1.54) is 24.3 Å². The number of carboxylic acids is 1. The zero-order valence-electron chi connectivity index (χ0n) is 18.4. The number of benzene rings is 3. The Hall–Kier alpha value is -3.56. The fraction of sp³-hybridized carbons (Fsp3) is 0.167. The summed E-state index contributed by atoms with van der Waals surface area (Å²) in [6.45, 7) is 1.29. The third-order valence-electron chi connectivity index (χ3n) is 4.93. The van der Waals surface area contributed by atoms with E-state index in [2.05, 4.69) is 0 Å². The molecule has 0 amide bonds. The minimum absolute atomic E-state index is 0.00203. The van der Waals surface area contributed by atoms with Crippen molar-refractivity contribution < 1.29 is 23.1 Å². The Kier molecular flexibility index (Phi) is 7.80. The standard InChI is InChI=1S/C24H24ClN3O5S/c1-16-12-19(28(15-23(29)30)34(31,32)22-5-3-2-4-21(22)25)14-20(13-16)33-11-10-17-6-8-18(9-7-17)24(26)27/h2-9,12-14H,10-11,15H2,1H3,(H3,26,27)(H,29,30). The molecule has 178 valence electrons. The van der Waals surface area contributed by atoms with E-state index in [1.807, 2.05) is 12.1 Å². The zero-order valence-corrected chi connectivity index (χ0v) is 19.9. The topological polar surface area (TPSA) is 134 Å². The molecule has 10 heteroatoms. The molecule has 0 aliphatic heterocycles. The number of hydrogen-bond donors (Lipinski definition) is 3. The second kappa shape index (κ2) is 10.6. The molecule has 4 N–H and O–H groups in total. The van der Waals surface area contributed by atoms with Gasteiger partial charge in [0.2, 0.25) is 0 Å². The summed E-state index contributed by atoms with van der Waals surface area (Å²) in [5.74, 6) is -0.915. The molecule has 0 bridgehead atoms. The Morgan fingerprint density at radius 2 is 1.79 bits per heavy atom. The Morgan fingerprint density at radius 3 is 2.41 bits per heavy atom. The van der Waals surface area contributed by atoms with Gasteiger partial charge >= 0.3 is 5.97 Å². The molecule has 0 unspecified atom stereocenters. The van der Waals surface area contributed by atoms with Crippen molar-refractivity contribution in [3.63, 3.8) is 0 Å². The molecule has 0 aromatic heterocycles. The average Bonchev–Trinajstić information content (AvgIpc) is 2.77. The van der Waals surface area contributed by atoms with Crippen molar-refractivity contribution >= 4 is 39.1 Å². The largest absolute Gasteiger partial charge is 0.493 e. The summed E-state index contributed by atoms with van der Waals surface area (Å²) >= 11 is 6.10. The maximum atomic E-state index is 13.3. The SMILES string of the molecule is Cc1cc(OCCc2ccc(C(=N)N)cc2)cc(N(CC(=O)O)S(=O)(=O)c2ccccc2Cl)c1. The minimum atomic E-state index is -4.25. The van der Waals surface area contributed by atoms with Gasteiger partial charge in [0.25, 0.3) is 10.0 Å². The van der Waals surface area contributed by atoms with Crippen LogP contribution in [0.2, 0.25) is 5.02 Å². The number of aryl methyl sites for hydroxylation is 1. The molecular formula is C24H24ClN3O5S. The Morgan fingerprint density at radius 1 is 1.12 bits per heavy atom. The first-order valence-electron chi connectivity index (χ1n) is 10.2. The van der Waals surface area contributed by atoms with Crippen LogP contribution in [0.1, 0.15) is 16.7 Å². The van der Waals surface area contributed by atoms with Crippen LogP contribution in [-0.2, 0) is 21.2 Å². The van der Waals surface area contributed by atoms with Crippen molar-refractivity contribution in [2.24, 2.45) is 5.73 Å². The summed E-state index contributed by atoms with van der Waals surface area (Å²) in [6.07, 6.45) is 0.568. The van der Waals surface area contributed by atoms with Crippen molar-refractivity contribution in [1.82, 2.24) is 0 Å². The van der Waals surface area contributed by atoms with Crippen LogP contribution in [0.4, 0.5) is 5.69 Å². The first kappa shape index (κ1) is 25.1. The number of carbonyl (C=O) groups is 1. The summed E-state index contributed by atoms with van der Waals surface area (Å²) in [5, 5.41) is 16.8. The number of hydrogen-bond acceptors (Lipinski definition) is 5. The monoisotopic (exact) mass is 501 g/mol. The van der Waals surface area contributed by atoms with Gasteiger partial charge in [0.15, 0.2) is 0 Å². The predicted octanol–water partition coefficient (Wildman–Crippen LogP) is 3.83. The summed E-state index contributed by atoms with van der Waals surface area (Å²) in [4.78, 5) is 11.3. The van der Waals surface area contributed by atoms with Crippen LogP contribution in [0, 0.1) is 12.3 Å². The highest BCUT2D eigenvalue weighted by molar-refractivity contribution is 7.93. The van der Waals surface area contributed by atoms with Gasteiger partial charge in [0.1, 0.15) is 23.0 Å². The average molecular weight is 502 g/mol. The minimum Gasteiger partial charge on any atom is -0.493 e. The number of ether oxygens (including phenoxy) is 1. The number of halogens is 1. The molecule has 34 heavy (non-hydrogen) atoms. The lowest BCUT2D eigenvalue weighted by molar-refractivity contribution is -0.135. The van der Waals surface area contributed by atoms with Gasteiger partial charge in [-0.05, 0) is 42.3 Å². The first-order valence-corrected chi connectivity index (χ1v) is 12.1.